The van der Waals surface area contributed by atoms with E-state index < -0.39 is 17.7 Å². The molecule has 1 unspecified atom stereocenters. The normalized spacial score (nSPS) is 18.4. The van der Waals surface area contributed by atoms with Gasteiger partial charge in [-0.1, -0.05) is 0 Å². The first-order valence-electron chi connectivity index (χ1n) is 6.98. The van der Waals surface area contributed by atoms with E-state index in [1.165, 1.54) is 12.1 Å². The molecule has 0 bridgehead atoms. The summed E-state index contributed by atoms with van der Waals surface area (Å²) >= 11 is 0. The standard InChI is InChI=1S/C15H21F2NO2/c1-18(14-3-6-20-7-4-14)5-2-15(19)11-8-12(16)10-13(17)9-11/h8-10,14-15,19H,2-7H2,1H3. The minimum absolute atomic E-state index is 0.294. The minimum Gasteiger partial charge on any atom is -0.388 e. The lowest BCUT2D eigenvalue weighted by atomic mass is 10.0. The summed E-state index contributed by atoms with van der Waals surface area (Å²) in [6, 6.07) is 3.63. The van der Waals surface area contributed by atoms with Crippen LogP contribution in [-0.2, 0) is 4.74 Å². The molecule has 0 aromatic heterocycles. The highest BCUT2D eigenvalue weighted by Crippen LogP contribution is 2.21. The van der Waals surface area contributed by atoms with Gasteiger partial charge in [-0.3, -0.25) is 0 Å². The molecule has 20 heavy (non-hydrogen) atoms. The number of rotatable bonds is 5. The van der Waals surface area contributed by atoms with Gasteiger partial charge in [-0.25, -0.2) is 8.78 Å². The molecule has 1 heterocycles. The number of halogens is 2. The van der Waals surface area contributed by atoms with Crippen molar-refractivity contribution in [2.75, 3.05) is 26.8 Å². The Morgan fingerprint density at radius 2 is 1.85 bits per heavy atom. The van der Waals surface area contributed by atoms with Crippen molar-refractivity contribution in [3.05, 3.63) is 35.4 Å². The van der Waals surface area contributed by atoms with Crippen molar-refractivity contribution in [3.8, 4) is 0 Å². The van der Waals surface area contributed by atoms with Gasteiger partial charge in [0.1, 0.15) is 11.6 Å². The molecular weight excluding hydrogens is 264 g/mol. The number of ether oxygens (including phenoxy) is 1. The summed E-state index contributed by atoms with van der Waals surface area (Å²) < 4.78 is 31.5. The molecule has 1 atom stereocenters. The number of hydrogen-bond donors (Lipinski definition) is 1. The van der Waals surface area contributed by atoms with Crippen molar-refractivity contribution in [1.82, 2.24) is 4.90 Å². The highest BCUT2D eigenvalue weighted by Gasteiger charge is 2.19. The number of aliphatic hydroxyl groups is 1. The minimum atomic E-state index is -0.845. The van der Waals surface area contributed by atoms with Crippen LogP contribution in [0.1, 0.15) is 30.9 Å². The summed E-state index contributed by atoms with van der Waals surface area (Å²) in [4.78, 5) is 2.18. The Balaban J connectivity index is 1.86. The fourth-order valence-electron chi connectivity index (χ4n) is 2.57. The van der Waals surface area contributed by atoms with Crippen LogP contribution in [0.15, 0.2) is 18.2 Å². The first-order valence-corrected chi connectivity index (χ1v) is 6.98. The average Bonchev–Trinajstić information content (AvgIpc) is 2.44. The molecule has 1 fully saturated rings. The fraction of sp³-hybridized carbons (Fsp3) is 0.600. The molecule has 1 N–H and O–H groups in total. The zero-order valence-corrected chi connectivity index (χ0v) is 11.7. The highest BCUT2D eigenvalue weighted by atomic mass is 19.1. The van der Waals surface area contributed by atoms with Crippen LogP contribution >= 0.6 is 0 Å². The molecule has 5 heteroatoms. The largest absolute Gasteiger partial charge is 0.388 e. The molecule has 112 valence electrons. The molecular formula is C15H21F2NO2. The monoisotopic (exact) mass is 285 g/mol. The van der Waals surface area contributed by atoms with E-state index in [0.717, 1.165) is 32.1 Å². The van der Waals surface area contributed by atoms with E-state index in [-0.39, 0.29) is 0 Å². The maximum absolute atomic E-state index is 13.1. The van der Waals surface area contributed by atoms with E-state index in [4.69, 9.17) is 4.74 Å². The van der Waals surface area contributed by atoms with Crippen molar-refractivity contribution >= 4 is 0 Å². The number of hydrogen-bond acceptors (Lipinski definition) is 3. The molecule has 0 radical (unpaired) electrons. The predicted octanol–water partition coefficient (Wildman–Crippen LogP) is 2.50. The second-order valence-electron chi connectivity index (χ2n) is 5.33. The second kappa shape index (κ2) is 7.11. The lowest BCUT2D eigenvalue weighted by molar-refractivity contribution is 0.0376. The van der Waals surface area contributed by atoms with Gasteiger partial charge in [0, 0.05) is 31.9 Å². The van der Waals surface area contributed by atoms with E-state index in [0.29, 0.717) is 24.6 Å². The van der Waals surface area contributed by atoms with Crippen LogP contribution in [0.25, 0.3) is 0 Å². The van der Waals surface area contributed by atoms with Gasteiger partial charge in [-0.15, -0.1) is 0 Å². The van der Waals surface area contributed by atoms with Gasteiger partial charge in [0.2, 0.25) is 0 Å². The van der Waals surface area contributed by atoms with Crippen molar-refractivity contribution in [2.45, 2.75) is 31.4 Å². The van der Waals surface area contributed by atoms with Crippen LogP contribution in [0, 0.1) is 11.6 Å². The van der Waals surface area contributed by atoms with Gasteiger partial charge < -0.3 is 14.7 Å². The third kappa shape index (κ3) is 4.23. The topological polar surface area (TPSA) is 32.7 Å². The second-order valence-corrected chi connectivity index (χ2v) is 5.33. The molecule has 0 amide bonds. The summed E-state index contributed by atoms with van der Waals surface area (Å²) in [5.74, 6) is -1.31. The summed E-state index contributed by atoms with van der Waals surface area (Å²) in [6.07, 6.45) is 1.58. The number of nitrogens with zero attached hydrogens (tertiary/aromatic N) is 1. The smallest absolute Gasteiger partial charge is 0.126 e. The Labute approximate surface area is 118 Å². The molecule has 1 aliphatic rings. The molecule has 0 aliphatic carbocycles. The molecule has 1 aromatic rings. The van der Waals surface area contributed by atoms with Crippen LogP contribution in [0.3, 0.4) is 0 Å². The van der Waals surface area contributed by atoms with Crippen molar-refractivity contribution < 1.29 is 18.6 Å². The third-order valence-corrected chi connectivity index (χ3v) is 3.84. The van der Waals surface area contributed by atoms with E-state index in [1.54, 1.807) is 0 Å². The zero-order chi connectivity index (χ0) is 14.5. The SMILES string of the molecule is CN(CCC(O)c1cc(F)cc(F)c1)C1CCOCC1. The molecule has 1 aromatic carbocycles. The van der Waals surface area contributed by atoms with Crippen molar-refractivity contribution in [3.63, 3.8) is 0 Å². The third-order valence-electron chi connectivity index (χ3n) is 3.84. The van der Waals surface area contributed by atoms with Crippen LogP contribution in [0.5, 0.6) is 0 Å². The number of aliphatic hydroxyl groups excluding tert-OH is 1. The lowest BCUT2D eigenvalue weighted by Gasteiger charge is -2.31. The van der Waals surface area contributed by atoms with E-state index in [1.807, 2.05) is 7.05 Å². The van der Waals surface area contributed by atoms with E-state index >= 15 is 0 Å². The summed E-state index contributed by atoms with van der Waals surface area (Å²) in [6.45, 7) is 2.23. The van der Waals surface area contributed by atoms with Crippen LogP contribution in [-0.4, -0.2) is 42.9 Å². The Morgan fingerprint density at radius 3 is 2.45 bits per heavy atom. The van der Waals surface area contributed by atoms with Gasteiger partial charge in [0.15, 0.2) is 0 Å². The van der Waals surface area contributed by atoms with Gasteiger partial charge in [0.05, 0.1) is 6.10 Å². The Kier molecular flexibility index (Phi) is 5.46. The maximum Gasteiger partial charge on any atom is 0.126 e. The van der Waals surface area contributed by atoms with Crippen LogP contribution < -0.4 is 0 Å². The highest BCUT2D eigenvalue weighted by molar-refractivity contribution is 5.20. The first kappa shape index (κ1) is 15.4. The van der Waals surface area contributed by atoms with Crippen LogP contribution in [0.4, 0.5) is 8.78 Å². The lowest BCUT2D eigenvalue weighted by Crippen LogP contribution is -2.37. The summed E-state index contributed by atoms with van der Waals surface area (Å²) in [5.41, 5.74) is 0.294. The number of benzene rings is 1. The molecule has 2 rings (SSSR count). The maximum atomic E-state index is 13.1. The molecule has 0 spiro atoms. The summed E-state index contributed by atoms with van der Waals surface area (Å²) in [5, 5.41) is 10.0. The molecule has 1 aliphatic heterocycles. The van der Waals surface area contributed by atoms with Gasteiger partial charge in [-0.2, -0.15) is 0 Å². The molecule has 0 saturated carbocycles. The van der Waals surface area contributed by atoms with Crippen molar-refractivity contribution in [2.24, 2.45) is 0 Å². The molecule has 1 saturated heterocycles. The van der Waals surface area contributed by atoms with Crippen LogP contribution in [0.2, 0.25) is 0 Å². The Hall–Kier alpha value is -1.04. The predicted molar refractivity (Wildman–Crippen MR) is 72.4 cm³/mol. The zero-order valence-electron chi connectivity index (χ0n) is 11.7. The Morgan fingerprint density at radius 1 is 1.25 bits per heavy atom. The van der Waals surface area contributed by atoms with E-state index in [9.17, 15) is 13.9 Å². The molecule has 3 nitrogen and oxygen atoms in total. The van der Waals surface area contributed by atoms with Gasteiger partial charge in [-0.05, 0) is 44.0 Å². The first-order chi connectivity index (χ1) is 9.56. The fourth-order valence-corrected chi connectivity index (χ4v) is 2.57. The van der Waals surface area contributed by atoms with Crippen molar-refractivity contribution in [1.29, 1.82) is 0 Å². The van der Waals surface area contributed by atoms with Gasteiger partial charge >= 0.3 is 0 Å². The quantitative estimate of drug-likeness (QED) is 0.902. The average molecular weight is 285 g/mol. The van der Waals surface area contributed by atoms with E-state index in [2.05, 4.69) is 4.90 Å². The Bertz CT molecular complexity index is 416. The summed E-state index contributed by atoms with van der Waals surface area (Å²) in [7, 11) is 2.01. The van der Waals surface area contributed by atoms with Gasteiger partial charge in [0.25, 0.3) is 0 Å².